The highest BCUT2D eigenvalue weighted by atomic mass is 16.5. The second-order valence-corrected chi connectivity index (χ2v) is 2.24. The number of nitrogen functional groups attached to an aromatic ring is 1. The predicted octanol–water partition coefficient (Wildman–Crippen LogP) is 0.714. The molecule has 0 aliphatic rings. The van der Waals surface area contributed by atoms with Crippen molar-refractivity contribution in [2.45, 2.75) is 0 Å². The average Bonchev–Trinajstić information content (AvgIpc) is 2.57. The predicted molar refractivity (Wildman–Crippen MR) is 41.9 cm³/mol. The Labute approximate surface area is 68.2 Å². The van der Waals surface area contributed by atoms with Gasteiger partial charge in [-0.2, -0.15) is 5.10 Å². The maximum atomic E-state index is 5.57. The van der Waals surface area contributed by atoms with Gasteiger partial charge in [0, 0.05) is 11.1 Å². The molecule has 0 saturated carbocycles. The largest absolute Gasteiger partial charge is 0.382 e. The monoisotopic (exact) mass is 162 g/mol. The van der Waals surface area contributed by atoms with Crippen molar-refractivity contribution in [1.82, 2.24) is 15.4 Å². The summed E-state index contributed by atoms with van der Waals surface area (Å²) < 4.78 is 4.67. The van der Waals surface area contributed by atoms with Gasteiger partial charge >= 0.3 is 0 Å². The van der Waals surface area contributed by atoms with Crippen molar-refractivity contribution in [2.75, 3.05) is 5.73 Å². The Hall–Kier alpha value is -1.91. The van der Waals surface area contributed by atoms with E-state index >= 15 is 0 Å². The van der Waals surface area contributed by atoms with E-state index in [9.17, 15) is 0 Å². The molecular formula is C7H6N4O. The summed E-state index contributed by atoms with van der Waals surface area (Å²) in [6.45, 7) is 0. The van der Waals surface area contributed by atoms with Crippen molar-refractivity contribution >= 4 is 5.82 Å². The van der Waals surface area contributed by atoms with Crippen molar-refractivity contribution in [1.29, 1.82) is 0 Å². The highest BCUT2D eigenvalue weighted by Gasteiger charge is 2.04. The molecule has 0 amide bonds. The van der Waals surface area contributed by atoms with Gasteiger partial charge in [-0.3, -0.25) is 0 Å². The van der Waals surface area contributed by atoms with E-state index in [0.717, 1.165) is 11.1 Å². The lowest BCUT2D eigenvalue weighted by Crippen LogP contribution is -1.94. The summed E-state index contributed by atoms with van der Waals surface area (Å²) in [6, 6.07) is 1.76. The van der Waals surface area contributed by atoms with Crippen LogP contribution in [0.2, 0.25) is 0 Å². The van der Waals surface area contributed by atoms with Gasteiger partial charge in [0.05, 0.1) is 12.4 Å². The highest BCUT2D eigenvalue weighted by molar-refractivity contribution is 5.71. The Morgan fingerprint density at radius 3 is 3.00 bits per heavy atom. The fraction of sp³-hybridized carbons (Fsp3) is 0. The molecule has 60 valence electrons. The van der Waals surface area contributed by atoms with Crippen molar-refractivity contribution in [3.05, 3.63) is 24.7 Å². The molecule has 0 aliphatic heterocycles. The van der Waals surface area contributed by atoms with Crippen LogP contribution in [0.25, 0.3) is 11.1 Å². The molecule has 2 aromatic heterocycles. The van der Waals surface area contributed by atoms with Crippen molar-refractivity contribution < 1.29 is 4.52 Å². The molecule has 12 heavy (non-hydrogen) atoms. The van der Waals surface area contributed by atoms with Crippen molar-refractivity contribution in [3.8, 4) is 11.1 Å². The van der Waals surface area contributed by atoms with E-state index in [1.165, 1.54) is 6.26 Å². The van der Waals surface area contributed by atoms with Crippen LogP contribution in [0.5, 0.6) is 0 Å². The normalized spacial score (nSPS) is 10.0. The minimum atomic E-state index is 0.376. The standard InChI is InChI=1S/C7H6N4O/c8-7-6(1-2-9-11-7)5-3-10-12-4-5/h1-4H,(H2,8,11). The molecule has 0 radical (unpaired) electrons. The van der Waals surface area contributed by atoms with Gasteiger partial charge in [-0.15, -0.1) is 5.10 Å². The van der Waals surface area contributed by atoms with Crippen LogP contribution in [0.4, 0.5) is 5.82 Å². The van der Waals surface area contributed by atoms with Crippen LogP contribution in [-0.4, -0.2) is 15.4 Å². The summed E-state index contributed by atoms with van der Waals surface area (Å²) in [7, 11) is 0. The molecule has 2 rings (SSSR count). The first-order valence-electron chi connectivity index (χ1n) is 3.35. The molecule has 2 aromatic rings. The topological polar surface area (TPSA) is 77.8 Å². The molecule has 0 unspecified atom stereocenters. The molecule has 0 saturated heterocycles. The van der Waals surface area contributed by atoms with Gasteiger partial charge in [0.2, 0.25) is 0 Å². The van der Waals surface area contributed by atoms with Gasteiger partial charge in [-0.05, 0) is 6.07 Å². The first kappa shape index (κ1) is 6.78. The molecule has 2 N–H and O–H groups in total. The number of hydrogen-bond donors (Lipinski definition) is 1. The maximum absolute atomic E-state index is 5.57. The highest BCUT2D eigenvalue weighted by Crippen LogP contribution is 2.21. The van der Waals surface area contributed by atoms with Gasteiger partial charge in [-0.1, -0.05) is 5.16 Å². The van der Waals surface area contributed by atoms with Crippen LogP contribution in [0.1, 0.15) is 0 Å². The van der Waals surface area contributed by atoms with Gasteiger partial charge in [-0.25, -0.2) is 0 Å². The van der Waals surface area contributed by atoms with E-state index in [1.807, 2.05) is 0 Å². The van der Waals surface area contributed by atoms with Crippen LogP contribution >= 0.6 is 0 Å². The van der Waals surface area contributed by atoms with Gasteiger partial charge in [0.25, 0.3) is 0 Å². The summed E-state index contributed by atoms with van der Waals surface area (Å²) in [6.07, 6.45) is 4.65. The quantitative estimate of drug-likeness (QED) is 0.668. The second-order valence-electron chi connectivity index (χ2n) is 2.24. The zero-order chi connectivity index (χ0) is 8.39. The second kappa shape index (κ2) is 2.61. The minimum absolute atomic E-state index is 0.376. The van der Waals surface area contributed by atoms with Crippen LogP contribution in [0.15, 0.2) is 29.2 Å². The smallest absolute Gasteiger partial charge is 0.154 e. The fourth-order valence-electron chi connectivity index (χ4n) is 0.925. The van der Waals surface area contributed by atoms with E-state index in [0.29, 0.717) is 5.82 Å². The Morgan fingerprint density at radius 1 is 1.42 bits per heavy atom. The number of aromatic nitrogens is 3. The summed E-state index contributed by atoms with van der Waals surface area (Å²) in [5, 5.41) is 10.9. The number of nitrogens with zero attached hydrogens (tertiary/aromatic N) is 3. The molecule has 0 atom stereocenters. The molecule has 0 bridgehead atoms. The van der Waals surface area contributed by atoms with Gasteiger partial charge < -0.3 is 10.3 Å². The molecule has 2 heterocycles. The fourth-order valence-corrected chi connectivity index (χ4v) is 0.925. The van der Waals surface area contributed by atoms with E-state index in [4.69, 9.17) is 5.73 Å². The first-order chi connectivity index (χ1) is 5.88. The Kier molecular flexibility index (Phi) is 1.48. The van der Waals surface area contributed by atoms with Crippen LogP contribution in [-0.2, 0) is 0 Å². The summed E-state index contributed by atoms with van der Waals surface area (Å²) >= 11 is 0. The maximum Gasteiger partial charge on any atom is 0.154 e. The van der Waals surface area contributed by atoms with Crippen molar-refractivity contribution in [3.63, 3.8) is 0 Å². The van der Waals surface area contributed by atoms with E-state index in [2.05, 4.69) is 19.9 Å². The molecule has 0 aromatic carbocycles. The van der Waals surface area contributed by atoms with E-state index in [-0.39, 0.29) is 0 Å². The number of nitrogens with two attached hydrogens (primary N) is 1. The number of rotatable bonds is 1. The first-order valence-corrected chi connectivity index (χ1v) is 3.35. The molecular weight excluding hydrogens is 156 g/mol. The van der Waals surface area contributed by atoms with Crippen LogP contribution < -0.4 is 5.73 Å². The molecule has 0 aliphatic carbocycles. The average molecular weight is 162 g/mol. The zero-order valence-electron chi connectivity index (χ0n) is 6.14. The lowest BCUT2D eigenvalue weighted by atomic mass is 10.2. The minimum Gasteiger partial charge on any atom is -0.382 e. The van der Waals surface area contributed by atoms with Crippen LogP contribution in [0, 0.1) is 0 Å². The van der Waals surface area contributed by atoms with Gasteiger partial charge in [0.15, 0.2) is 5.82 Å². The lowest BCUT2D eigenvalue weighted by Gasteiger charge is -1.96. The van der Waals surface area contributed by atoms with E-state index in [1.54, 1.807) is 18.5 Å². The van der Waals surface area contributed by atoms with Crippen molar-refractivity contribution in [2.24, 2.45) is 0 Å². The third-order valence-electron chi connectivity index (χ3n) is 1.49. The molecule has 0 fully saturated rings. The summed E-state index contributed by atoms with van der Waals surface area (Å²) in [4.78, 5) is 0. The molecule has 5 heteroatoms. The zero-order valence-corrected chi connectivity index (χ0v) is 6.14. The third kappa shape index (κ3) is 1.01. The van der Waals surface area contributed by atoms with E-state index < -0.39 is 0 Å². The van der Waals surface area contributed by atoms with Crippen LogP contribution in [0.3, 0.4) is 0 Å². The van der Waals surface area contributed by atoms with Gasteiger partial charge in [0.1, 0.15) is 6.26 Å². The Bertz CT molecular complexity index is 371. The molecule has 5 nitrogen and oxygen atoms in total. The third-order valence-corrected chi connectivity index (χ3v) is 1.49. The Morgan fingerprint density at radius 2 is 2.33 bits per heavy atom. The SMILES string of the molecule is Nc1nnccc1-c1cnoc1. The Balaban J connectivity index is 2.55. The molecule has 0 spiro atoms. The summed E-state index contributed by atoms with van der Waals surface area (Å²) in [5.41, 5.74) is 7.16. The lowest BCUT2D eigenvalue weighted by molar-refractivity contribution is 0.420. The summed E-state index contributed by atoms with van der Waals surface area (Å²) in [5.74, 6) is 0.376. The number of anilines is 1. The number of hydrogen-bond acceptors (Lipinski definition) is 5.